The normalized spacial score (nSPS) is 15.0. The summed E-state index contributed by atoms with van der Waals surface area (Å²) in [4.78, 5) is 31.0. The number of carbonyl (C=O) groups excluding carboxylic acids is 2. The van der Waals surface area contributed by atoms with Gasteiger partial charge in [-0.25, -0.2) is 4.21 Å². The lowest BCUT2D eigenvalue weighted by molar-refractivity contribution is 0.0792. The fourth-order valence-electron chi connectivity index (χ4n) is 3.84. The molecule has 6 heteroatoms. The first-order valence-electron chi connectivity index (χ1n) is 10.8. The second-order valence-corrected chi connectivity index (χ2v) is 9.32. The van der Waals surface area contributed by atoms with Crippen LogP contribution in [0, 0.1) is 0 Å². The van der Waals surface area contributed by atoms with Gasteiger partial charge in [-0.05, 0) is 42.3 Å². The molecule has 0 saturated carbocycles. The highest BCUT2D eigenvalue weighted by atomic mass is 32.2. The Labute approximate surface area is 191 Å². The molecule has 0 aliphatic carbocycles. The summed E-state index contributed by atoms with van der Waals surface area (Å²) in [5, 5.41) is 0. The summed E-state index contributed by atoms with van der Waals surface area (Å²) in [6, 6.07) is 21.8. The van der Waals surface area contributed by atoms with Gasteiger partial charge in [-0.1, -0.05) is 55.8 Å². The molecule has 0 radical (unpaired) electrons. The van der Waals surface area contributed by atoms with Crippen LogP contribution in [0.4, 0.5) is 5.69 Å². The van der Waals surface area contributed by atoms with E-state index in [1.807, 2.05) is 30.3 Å². The van der Waals surface area contributed by atoms with Crippen LogP contribution in [0.15, 0.2) is 82.6 Å². The number of amides is 2. The zero-order valence-electron chi connectivity index (χ0n) is 18.3. The smallest absolute Gasteiger partial charge is 0.259 e. The molecule has 5 nitrogen and oxygen atoms in total. The van der Waals surface area contributed by atoms with E-state index in [9.17, 15) is 13.8 Å². The Balaban J connectivity index is 1.82. The van der Waals surface area contributed by atoms with Crippen LogP contribution >= 0.6 is 0 Å². The summed E-state index contributed by atoms with van der Waals surface area (Å²) in [6.07, 6.45) is 1.92. The Bertz CT molecular complexity index is 1180. The summed E-state index contributed by atoms with van der Waals surface area (Å²) in [5.74, 6) is -0.332. The number of hydrogen-bond acceptors (Lipinski definition) is 3. The highest BCUT2D eigenvalue weighted by Gasteiger charge is 2.31. The molecule has 1 heterocycles. The molecule has 0 aromatic heterocycles. The van der Waals surface area contributed by atoms with Gasteiger partial charge >= 0.3 is 0 Å². The van der Waals surface area contributed by atoms with Gasteiger partial charge < -0.3 is 9.80 Å². The summed E-state index contributed by atoms with van der Waals surface area (Å²) < 4.78 is 13.5. The van der Waals surface area contributed by atoms with Gasteiger partial charge in [-0.3, -0.25) is 9.59 Å². The van der Waals surface area contributed by atoms with Crippen molar-refractivity contribution in [3.05, 3.63) is 89.5 Å². The standard InChI is InChI=1S/C26H26N2O3S/c1-3-4-16-27(2)25(29)20-14-15-24-22(17-20)28(18-19-10-6-5-7-11-19)26(30)21-12-8-9-13-23(21)32(24)31/h5-15,17H,3-4,16,18H2,1-2H3/t32-/m0/s1. The van der Waals surface area contributed by atoms with Crippen LogP contribution in [0.1, 0.15) is 46.0 Å². The number of rotatable bonds is 6. The first kappa shape index (κ1) is 22.0. The molecule has 0 N–H and O–H groups in total. The van der Waals surface area contributed by atoms with E-state index in [-0.39, 0.29) is 11.8 Å². The molecular formula is C26H26N2O3S. The van der Waals surface area contributed by atoms with Crippen molar-refractivity contribution in [2.45, 2.75) is 36.1 Å². The maximum atomic E-state index is 13.6. The van der Waals surface area contributed by atoms with E-state index in [2.05, 4.69) is 6.92 Å². The van der Waals surface area contributed by atoms with E-state index in [0.717, 1.165) is 18.4 Å². The molecule has 0 bridgehead atoms. The third-order valence-electron chi connectivity index (χ3n) is 5.64. The molecular weight excluding hydrogens is 420 g/mol. The molecule has 2 amide bonds. The number of hydrogen-bond donors (Lipinski definition) is 0. The molecule has 0 fully saturated rings. The SMILES string of the molecule is CCCCN(C)C(=O)c1ccc2c(c1)N(Cc1ccccc1)C(=O)c1ccccc1[S@@]2=O. The maximum absolute atomic E-state index is 13.6. The number of carbonyl (C=O) groups is 2. The van der Waals surface area contributed by atoms with Gasteiger partial charge in [0.15, 0.2) is 0 Å². The summed E-state index contributed by atoms with van der Waals surface area (Å²) >= 11 is 0. The fourth-order valence-corrected chi connectivity index (χ4v) is 5.18. The molecule has 1 aliphatic rings. The lowest BCUT2D eigenvalue weighted by Crippen LogP contribution is -2.31. The van der Waals surface area contributed by atoms with Gasteiger partial charge in [0.1, 0.15) is 0 Å². The Morgan fingerprint density at radius 1 is 0.969 bits per heavy atom. The van der Waals surface area contributed by atoms with E-state index < -0.39 is 10.8 Å². The minimum atomic E-state index is -1.53. The Kier molecular flexibility index (Phi) is 6.51. The Hall–Kier alpha value is -3.25. The van der Waals surface area contributed by atoms with Crippen molar-refractivity contribution in [3.63, 3.8) is 0 Å². The maximum Gasteiger partial charge on any atom is 0.259 e. The van der Waals surface area contributed by atoms with Gasteiger partial charge in [0.05, 0.1) is 38.4 Å². The van der Waals surface area contributed by atoms with Crippen LogP contribution in [0.2, 0.25) is 0 Å². The molecule has 4 rings (SSSR count). The number of anilines is 1. The Morgan fingerprint density at radius 2 is 1.69 bits per heavy atom. The van der Waals surface area contributed by atoms with E-state index in [1.54, 1.807) is 59.3 Å². The predicted octanol–water partition coefficient (Wildman–Crippen LogP) is 4.89. The van der Waals surface area contributed by atoms with E-state index in [0.29, 0.717) is 39.7 Å². The average molecular weight is 447 g/mol. The number of fused-ring (bicyclic) bond motifs is 2. The summed E-state index contributed by atoms with van der Waals surface area (Å²) in [5.41, 5.74) is 2.37. The van der Waals surface area contributed by atoms with Gasteiger partial charge in [0.25, 0.3) is 11.8 Å². The van der Waals surface area contributed by atoms with E-state index in [4.69, 9.17) is 0 Å². The second kappa shape index (κ2) is 9.49. The summed E-state index contributed by atoms with van der Waals surface area (Å²) in [6.45, 7) is 3.07. The summed E-state index contributed by atoms with van der Waals surface area (Å²) in [7, 11) is 0.251. The third-order valence-corrected chi connectivity index (χ3v) is 7.14. The Morgan fingerprint density at radius 3 is 2.44 bits per heavy atom. The molecule has 0 saturated heterocycles. The van der Waals surface area contributed by atoms with Crippen molar-refractivity contribution in [2.24, 2.45) is 0 Å². The molecule has 1 aliphatic heterocycles. The largest absolute Gasteiger partial charge is 0.342 e. The zero-order chi connectivity index (χ0) is 22.7. The third kappa shape index (κ3) is 4.23. The van der Waals surface area contributed by atoms with Crippen molar-refractivity contribution in [1.29, 1.82) is 0 Å². The van der Waals surface area contributed by atoms with Crippen molar-refractivity contribution in [3.8, 4) is 0 Å². The lowest BCUT2D eigenvalue weighted by Gasteiger charge is -2.24. The van der Waals surface area contributed by atoms with Crippen LogP contribution < -0.4 is 4.90 Å². The molecule has 3 aromatic rings. The highest BCUT2D eigenvalue weighted by Crippen LogP contribution is 2.36. The minimum absolute atomic E-state index is 0.110. The van der Waals surface area contributed by atoms with Crippen LogP contribution in [0.5, 0.6) is 0 Å². The molecule has 3 aromatic carbocycles. The average Bonchev–Trinajstić information content (AvgIpc) is 2.92. The monoisotopic (exact) mass is 446 g/mol. The number of nitrogens with zero attached hydrogens (tertiary/aromatic N) is 2. The zero-order valence-corrected chi connectivity index (χ0v) is 19.1. The van der Waals surface area contributed by atoms with Crippen LogP contribution in [0.25, 0.3) is 0 Å². The van der Waals surface area contributed by atoms with E-state index in [1.165, 1.54) is 0 Å². The van der Waals surface area contributed by atoms with Gasteiger partial charge in [0, 0.05) is 19.2 Å². The van der Waals surface area contributed by atoms with Gasteiger partial charge in [0.2, 0.25) is 0 Å². The first-order chi connectivity index (χ1) is 15.5. The van der Waals surface area contributed by atoms with Crippen molar-refractivity contribution >= 4 is 28.3 Å². The van der Waals surface area contributed by atoms with Crippen molar-refractivity contribution in [2.75, 3.05) is 18.5 Å². The minimum Gasteiger partial charge on any atom is -0.342 e. The molecule has 32 heavy (non-hydrogen) atoms. The van der Waals surface area contributed by atoms with Crippen LogP contribution in [-0.2, 0) is 17.3 Å². The molecule has 0 spiro atoms. The van der Waals surface area contributed by atoms with Gasteiger partial charge in [-0.15, -0.1) is 0 Å². The molecule has 1 atom stereocenters. The number of benzene rings is 3. The topological polar surface area (TPSA) is 57.7 Å². The molecule has 0 unspecified atom stereocenters. The number of unbranched alkanes of at least 4 members (excludes halogenated alkanes) is 1. The van der Waals surface area contributed by atoms with Crippen molar-refractivity contribution in [1.82, 2.24) is 4.90 Å². The fraction of sp³-hybridized carbons (Fsp3) is 0.231. The quantitative estimate of drug-likeness (QED) is 0.542. The van der Waals surface area contributed by atoms with E-state index >= 15 is 0 Å². The second-order valence-electron chi connectivity index (χ2n) is 7.90. The molecule has 164 valence electrons. The first-order valence-corrected chi connectivity index (χ1v) is 11.9. The van der Waals surface area contributed by atoms with Crippen LogP contribution in [0.3, 0.4) is 0 Å². The van der Waals surface area contributed by atoms with Gasteiger partial charge in [-0.2, -0.15) is 0 Å². The predicted molar refractivity (Wildman–Crippen MR) is 126 cm³/mol. The van der Waals surface area contributed by atoms with Crippen LogP contribution in [-0.4, -0.2) is 34.5 Å². The lowest BCUT2D eigenvalue weighted by atomic mass is 10.1. The van der Waals surface area contributed by atoms with Crippen molar-refractivity contribution < 1.29 is 13.8 Å². The highest BCUT2D eigenvalue weighted by molar-refractivity contribution is 7.85.